The van der Waals surface area contributed by atoms with Crippen LogP contribution in [0.2, 0.25) is 0 Å². The van der Waals surface area contributed by atoms with Crippen LogP contribution in [0.3, 0.4) is 0 Å². The van der Waals surface area contributed by atoms with Crippen LogP contribution in [0.4, 0.5) is 18.9 Å². The standard InChI is InChI=1S/C17H21F3N2O2/c18-17(19,20)13-9-5-6-10-14(13)22-16(24)11-15(23)21-12-7-3-1-2-4-8-12/h5-6,9-10,12H,1-4,7-8,11H2,(H,21,23)(H,22,24). The fourth-order valence-corrected chi connectivity index (χ4v) is 2.88. The molecular formula is C17H21F3N2O2. The van der Waals surface area contributed by atoms with E-state index in [-0.39, 0.29) is 11.7 Å². The summed E-state index contributed by atoms with van der Waals surface area (Å²) in [5.41, 5.74) is -1.26. The summed E-state index contributed by atoms with van der Waals surface area (Å²) in [6.45, 7) is 0. The van der Waals surface area contributed by atoms with Gasteiger partial charge >= 0.3 is 6.18 Å². The van der Waals surface area contributed by atoms with Crippen molar-refractivity contribution in [1.29, 1.82) is 0 Å². The van der Waals surface area contributed by atoms with Crippen LogP contribution < -0.4 is 10.6 Å². The molecule has 2 amide bonds. The zero-order valence-corrected chi connectivity index (χ0v) is 13.3. The first-order chi connectivity index (χ1) is 11.4. The number of anilines is 1. The Morgan fingerprint density at radius 3 is 2.25 bits per heavy atom. The molecule has 4 nitrogen and oxygen atoms in total. The third kappa shape index (κ3) is 5.54. The van der Waals surface area contributed by atoms with Crippen LogP contribution in [0.1, 0.15) is 50.5 Å². The monoisotopic (exact) mass is 342 g/mol. The summed E-state index contributed by atoms with van der Waals surface area (Å²) in [5, 5.41) is 4.98. The Hall–Kier alpha value is -2.05. The number of alkyl halides is 3. The first-order valence-electron chi connectivity index (χ1n) is 8.11. The molecule has 0 radical (unpaired) electrons. The van der Waals surface area contributed by atoms with E-state index in [0.717, 1.165) is 44.6 Å². The Balaban J connectivity index is 1.90. The number of halogens is 3. The molecule has 1 aromatic carbocycles. The summed E-state index contributed by atoms with van der Waals surface area (Å²) < 4.78 is 38.6. The Bertz CT molecular complexity index is 579. The highest BCUT2D eigenvalue weighted by Gasteiger charge is 2.33. The van der Waals surface area contributed by atoms with Crippen molar-refractivity contribution in [3.63, 3.8) is 0 Å². The number of rotatable bonds is 4. The summed E-state index contributed by atoms with van der Waals surface area (Å²) in [4.78, 5) is 23.8. The van der Waals surface area contributed by atoms with Crippen LogP contribution in [0.15, 0.2) is 24.3 Å². The molecule has 2 rings (SSSR count). The largest absolute Gasteiger partial charge is 0.418 e. The molecule has 0 heterocycles. The molecule has 0 unspecified atom stereocenters. The van der Waals surface area contributed by atoms with Gasteiger partial charge in [-0.2, -0.15) is 13.2 Å². The number of nitrogens with one attached hydrogen (secondary N) is 2. The second kappa shape index (κ2) is 8.17. The van der Waals surface area contributed by atoms with E-state index in [2.05, 4.69) is 10.6 Å². The molecule has 0 saturated heterocycles. The Labute approximate surface area is 138 Å². The molecule has 1 saturated carbocycles. The Morgan fingerprint density at radius 1 is 1.00 bits per heavy atom. The SMILES string of the molecule is O=C(CC(=O)NC1CCCCCC1)Nc1ccccc1C(F)(F)F. The number of amides is 2. The van der Waals surface area contributed by atoms with Crippen molar-refractivity contribution in [3.05, 3.63) is 29.8 Å². The summed E-state index contributed by atoms with van der Waals surface area (Å²) in [6, 6.07) is 4.76. The fraction of sp³-hybridized carbons (Fsp3) is 0.529. The smallest absolute Gasteiger partial charge is 0.353 e. The Morgan fingerprint density at radius 2 is 1.62 bits per heavy atom. The Kier molecular flexibility index (Phi) is 6.23. The van der Waals surface area contributed by atoms with E-state index in [0.29, 0.717) is 0 Å². The molecule has 2 N–H and O–H groups in total. The maximum atomic E-state index is 12.9. The van der Waals surface area contributed by atoms with Gasteiger partial charge in [-0.1, -0.05) is 37.8 Å². The van der Waals surface area contributed by atoms with Crippen LogP contribution in [-0.4, -0.2) is 17.9 Å². The molecule has 1 aliphatic carbocycles. The van der Waals surface area contributed by atoms with E-state index in [4.69, 9.17) is 0 Å². The van der Waals surface area contributed by atoms with Gasteiger partial charge < -0.3 is 10.6 Å². The van der Waals surface area contributed by atoms with Crippen LogP contribution in [0, 0.1) is 0 Å². The molecule has 1 aliphatic rings. The normalized spacial score (nSPS) is 16.3. The molecule has 0 bridgehead atoms. The average Bonchev–Trinajstić information content (AvgIpc) is 2.75. The van der Waals surface area contributed by atoms with E-state index < -0.39 is 30.0 Å². The van der Waals surface area contributed by atoms with Gasteiger partial charge in [0.25, 0.3) is 0 Å². The molecule has 7 heteroatoms. The van der Waals surface area contributed by atoms with Crippen molar-refractivity contribution in [3.8, 4) is 0 Å². The minimum absolute atomic E-state index is 0.0512. The van der Waals surface area contributed by atoms with Gasteiger partial charge in [0.15, 0.2) is 0 Å². The summed E-state index contributed by atoms with van der Waals surface area (Å²) in [7, 11) is 0. The first-order valence-corrected chi connectivity index (χ1v) is 8.11. The summed E-state index contributed by atoms with van der Waals surface area (Å²) in [6.07, 6.45) is 1.07. The van der Waals surface area contributed by atoms with Gasteiger partial charge in [0, 0.05) is 6.04 Å². The van der Waals surface area contributed by atoms with E-state index in [1.807, 2.05) is 0 Å². The van der Waals surface area contributed by atoms with Crippen LogP contribution in [0.25, 0.3) is 0 Å². The van der Waals surface area contributed by atoms with Crippen LogP contribution >= 0.6 is 0 Å². The zero-order valence-electron chi connectivity index (χ0n) is 13.3. The molecule has 0 aromatic heterocycles. The van der Waals surface area contributed by atoms with Gasteiger partial charge in [-0.25, -0.2) is 0 Å². The van der Waals surface area contributed by atoms with Gasteiger partial charge in [-0.3, -0.25) is 9.59 Å². The second-order valence-electron chi connectivity index (χ2n) is 6.02. The minimum atomic E-state index is -4.56. The number of carbonyl (C=O) groups excluding carboxylic acids is 2. The molecule has 0 spiro atoms. The molecule has 132 valence electrons. The van der Waals surface area contributed by atoms with E-state index >= 15 is 0 Å². The number of para-hydroxylation sites is 1. The maximum Gasteiger partial charge on any atom is 0.418 e. The second-order valence-corrected chi connectivity index (χ2v) is 6.02. The molecule has 0 aliphatic heterocycles. The van der Waals surface area contributed by atoms with Gasteiger partial charge in [-0.15, -0.1) is 0 Å². The van der Waals surface area contributed by atoms with Gasteiger partial charge in [0.2, 0.25) is 11.8 Å². The number of benzene rings is 1. The molecular weight excluding hydrogens is 321 g/mol. The predicted octanol–water partition coefficient (Wildman–Crippen LogP) is 3.87. The van der Waals surface area contributed by atoms with Crippen molar-refractivity contribution in [2.45, 2.75) is 57.2 Å². The van der Waals surface area contributed by atoms with Gasteiger partial charge in [0.1, 0.15) is 6.42 Å². The summed E-state index contributed by atoms with van der Waals surface area (Å²) in [5.74, 6) is -1.21. The lowest BCUT2D eigenvalue weighted by molar-refractivity contribution is -0.137. The molecule has 24 heavy (non-hydrogen) atoms. The highest BCUT2D eigenvalue weighted by Crippen LogP contribution is 2.34. The average molecular weight is 342 g/mol. The fourth-order valence-electron chi connectivity index (χ4n) is 2.88. The van der Waals surface area contributed by atoms with Gasteiger partial charge in [-0.05, 0) is 25.0 Å². The third-order valence-electron chi connectivity index (χ3n) is 4.05. The lowest BCUT2D eigenvalue weighted by Crippen LogP contribution is -2.36. The lowest BCUT2D eigenvalue weighted by Gasteiger charge is -2.16. The highest BCUT2D eigenvalue weighted by molar-refractivity contribution is 6.03. The highest BCUT2D eigenvalue weighted by atomic mass is 19.4. The van der Waals surface area contributed by atoms with Crippen molar-refractivity contribution < 1.29 is 22.8 Å². The van der Waals surface area contributed by atoms with E-state index in [9.17, 15) is 22.8 Å². The summed E-state index contributed by atoms with van der Waals surface area (Å²) >= 11 is 0. The lowest BCUT2D eigenvalue weighted by atomic mass is 10.1. The predicted molar refractivity (Wildman–Crippen MR) is 84.3 cm³/mol. The minimum Gasteiger partial charge on any atom is -0.353 e. The zero-order chi connectivity index (χ0) is 17.6. The number of hydrogen-bond acceptors (Lipinski definition) is 2. The van der Waals surface area contributed by atoms with E-state index in [1.165, 1.54) is 18.2 Å². The molecule has 1 fully saturated rings. The van der Waals surface area contributed by atoms with Crippen molar-refractivity contribution in [2.24, 2.45) is 0 Å². The number of carbonyl (C=O) groups is 2. The third-order valence-corrected chi connectivity index (χ3v) is 4.05. The van der Waals surface area contributed by atoms with Crippen LogP contribution in [0.5, 0.6) is 0 Å². The van der Waals surface area contributed by atoms with Crippen molar-refractivity contribution in [1.82, 2.24) is 5.32 Å². The van der Waals surface area contributed by atoms with Gasteiger partial charge in [0.05, 0.1) is 11.3 Å². The quantitative estimate of drug-likeness (QED) is 0.644. The number of hydrogen-bond donors (Lipinski definition) is 2. The first kappa shape index (κ1) is 18.3. The maximum absolute atomic E-state index is 12.9. The molecule has 0 atom stereocenters. The van der Waals surface area contributed by atoms with Crippen molar-refractivity contribution in [2.75, 3.05) is 5.32 Å². The van der Waals surface area contributed by atoms with Crippen molar-refractivity contribution >= 4 is 17.5 Å². The molecule has 1 aromatic rings. The topological polar surface area (TPSA) is 58.2 Å². The van der Waals surface area contributed by atoms with Crippen LogP contribution in [-0.2, 0) is 15.8 Å². The van der Waals surface area contributed by atoms with E-state index in [1.54, 1.807) is 0 Å².